The average Bonchev–Trinajstić information content (AvgIpc) is 2.72. The molecule has 0 spiro atoms. The standard InChI is InChI=1S/C24H22O5S/c1-16-4-8-18(9-5-16)22(25)23(19-10-6-17(2)7-11-19)29-24(26)20-12-14-21(15-13-20)30(3,27)28/h4-15,23H,1-3H3/t23-/m1/s1. The van der Waals surface area contributed by atoms with E-state index in [0.29, 0.717) is 11.1 Å². The molecule has 0 aliphatic carbocycles. The molecular weight excluding hydrogens is 400 g/mol. The minimum absolute atomic E-state index is 0.102. The summed E-state index contributed by atoms with van der Waals surface area (Å²) in [4.78, 5) is 26.0. The summed E-state index contributed by atoms with van der Waals surface area (Å²) in [7, 11) is -3.37. The molecule has 3 aromatic rings. The monoisotopic (exact) mass is 422 g/mol. The van der Waals surface area contributed by atoms with Gasteiger partial charge in [-0.05, 0) is 38.1 Å². The van der Waals surface area contributed by atoms with Crippen LogP contribution in [0.3, 0.4) is 0 Å². The molecule has 0 bridgehead atoms. The molecule has 0 saturated carbocycles. The molecule has 30 heavy (non-hydrogen) atoms. The number of esters is 1. The van der Waals surface area contributed by atoms with Crippen molar-refractivity contribution in [2.24, 2.45) is 0 Å². The summed E-state index contributed by atoms with van der Waals surface area (Å²) in [6.07, 6.45) is -0.0241. The van der Waals surface area contributed by atoms with E-state index in [9.17, 15) is 18.0 Å². The number of hydrogen-bond acceptors (Lipinski definition) is 5. The zero-order chi connectivity index (χ0) is 21.9. The van der Waals surface area contributed by atoms with Gasteiger partial charge in [0, 0.05) is 17.4 Å². The minimum atomic E-state index is -3.37. The first kappa shape index (κ1) is 21.5. The Morgan fingerprint density at radius 2 is 1.20 bits per heavy atom. The van der Waals surface area contributed by atoms with Crippen LogP contribution >= 0.6 is 0 Å². The number of ether oxygens (including phenoxy) is 1. The molecule has 1 atom stereocenters. The molecular formula is C24H22O5S. The maximum atomic E-state index is 13.1. The molecule has 0 fully saturated rings. The predicted octanol–water partition coefficient (Wildman–Crippen LogP) is 4.49. The molecule has 5 nitrogen and oxygen atoms in total. The van der Waals surface area contributed by atoms with Crippen molar-refractivity contribution in [2.45, 2.75) is 24.8 Å². The van der Waals surface area contributed by atoms with Crippen LogP contribution in [0.25, 0.3) is 0 Å². The summed E-state index contributed by atoms with van der Waals surface area (Å²) in [5.41, 5.74) is 3.19. The Balaban J connectivity index is 1.92. The molecule has 0 aliphatic heterocycles. The number of benzene rings is 3. The van der Waals surface area contributed by atoms with Crippen molar-refractivity contribution in [1.82, 2.24) is 0 Å². The Hall–Kier alpha value is -3.25. The quantitative estimate of drug-likeness (QED) is 0.432. The van der Waals surface area contributed by atoms with Crippen molar-refractivity contribution in [3.05, 3.63) is 101 Å². The van der Waals surface area contributed by atoms with Crippen LogP contribution in [0.15, 0.2) is 77.7 Å². The van der Waals surface area contributed by atoms with Crippen molar-refractivity contribution < 1.29 is 22.7 Å². The lowest BCUT2D eigenvalue weighted by molar-refractivity contribution is 0.0280. The molecule has 0 unspecified atom stereocenters. The smallest absolute Gasteiger partial charge is 0.339 e. The van der Waals surface area contributed by atoms with Crippen molar-refractivity contribution >= 4 is 21.6 Å². The van der Waals surface area contributed by atoms with Crippen molar-refractivity contribution in [3.8, 4) is 0 Å². The van der Waals surface area contributed by atoms with Crippen LogP contribution in [0.5, 0.6) is 0 Å². The summed E-state index contributed by atoms with van der Waals surface area (Å²) < 4.78 is 28.8. The molecule has 0 saturated heterocycles. The summed E-state index contributed by atoms with van der Waals surface area (Å²) >= 11 is 0. The number of Topliss-reactive ketones (excluding diaryl/α,β-unsaturated/α-hetero) is 1. The first-order valence-corrected chi connectivity index (χ1v) is 11.2. The highest BCUT2D eigenvalue weighted by Gasteiger charge is 2.27. The molecule has 0 heterocycles. The summed E-state index contributed by atoms with van der Waals surface area (Å²) in [5, 5.41) is 0. The van der Waals surface area contributed by atoms with Gasteiger partial charge in [-0.2, -0.15) is 0 Å². The van der Waals surface area contributed by atoms with E-state index < -0.39 is 21.9 Å². The van der Waals surface area contributed by atoms with Crippen molar-refractivity contribution in [1.29, 1.82) is 0 Å². The third-order valence-electron chi connectivity index (χ3n) is 4.70. The lowest BCUT2D eigenvalue weighted by Crippen LogP contribution is -2.20. The SMILES string of the molecule is Cc1ccc(C(=O)[C@H](OC(=O)c2ccc(S(C)(=O)=O)cc2)c2ccc(C)cc2)cc1. The topological polar surface area (TPSA) is 77.5 Å². The van der Waals surface area contributed by atoms with Gasteiger partial charge in [-0.25, -0.2) is 13.2 Å². The summed E-state index contributed by atoms with van der Waals surface area (Å²) in [6.45, 7) is 3.85. The second kappa shape index (κ2) is 8.63. The second-order valence-corrected chi connectivity index (χ2v) is 9.24. The highest BCUT2D eigenvalue weighted by Crippen LogP contribution is 2.25. The van der Waals surface area contributed by atoms with Gasteiger partial charge in [0.1, 0.15) is 0 Å². The summed E-state index contributed by atoms with van der Waals surface area (Å²) in [5.74, 6) is -1.04. The molecule has 0 radical (unpaired) electrons. The summed E-state index contributed by atoms with van der Waals surface area (Å²) in [6, 6.07) is 19.7. The number of carbonyl (C=O) groups is 2. The third-order valence-corrected chi connectivity index (χ3v) is 5.83. The molecule has 0 aromatic heterocycles. The van der Waals surface area contributed by atoms with Crippen LogP contribution in [0, 0.1) is 13.8 Å². The van der Waals surface area contributed by atoms with E-state index in [4.69, 9.17) is 4.74 Å². The fourth-order valence-corrected chi connectivity index (χ4v) is 3.53. The van der Waals surface area contributed by atoms with Crippen LogP contribution in [0.4, 0.5) is 0 Å². The Kier molecular flexibility index (Phi) is 6.17. The zero-order valence-corrected chi connectivity index (χ0v) is 17.8. The maximum absolute atomic E-state index is 13.1. The molecule has 0 N–H and O–H groups in total. The number of aryl methyl sites for hydroxylation is 2. The van der Waals surface area contributed by atoms with E-state index in [0.717, 1.165) is 17.4 Å². The second-order valence-electron chi connectivity index (χ2n) is 7.22. The third kappa shape index (κ3) is 5.02. The number of sulfone groups is 1. The first-order chi connectivity index (χ1) is 14.1. The minimum Gasteiger partial charge on any atom is -0.445 e. The number of carbonyl (C=O) groups excluding carboxylic acids is 2. The largest absolute Gasteiger partial charge is 0.445 e. The Labute approximate surface area is 176 Å². The Morgan fingerprint density at radius 1 is 0.733 bits per heavy atom. The van der Waals surface area contributed by atoms with Gasteiger partial charge in [-0.15, -0.1) is 0 Å². The molecule has 154 valence electrons. The Morgan fingerprint density at radius 3 is 1.70 bits per heavy atom. The lowest BCUT2D eigenvalue weighted by atomic mass is 9.98. The van der Waals surface area contributed by atoms with Crippen LogP contribution in [-0.2, 0) is 14.6 Å². The van der Waals surface area contributed by atoms with Crippen LogP contribution in [0.1, 0.15) is 43.5 Å². The van der Waals surface area contributed by atoms with Crippen LogP contribution in [-0.4, -0.2) is 26.4 Å². The number of ketones is 1. The number of hydrogen-bond donors (Lipinski definition) is 0. The van der Waals surface area contributed by atoms with Gasteiger partial charge < -0.3 is 4.74 Å². The van der Waals surface area contributed by atoms with Crippen molar-refractivity contribution in [3.63, 3.8) is 0 Å². The molecule has 3 rings (SSSR count). The fraction of sp³-hybridized carbons (Fsp3) is 0.167. The number of rotatable bonds is 6. The van der Waals surface area contributed by atoms with Gasteiger partial charge in [0.2, 0.25) is 5.78 Å². The van der Waals surface area contributed by atoms with Gasteiger partial charge in [0.25, 0.3) is 0 Å². The molecule has 0 aliphatic rings. The van der Waals surface area contributed by atoms with Gasteiger partial charge in [-0.1, -0.05) is 59.7 Å². The highest BCUT2D eigenvalue weighted by atomic mass is 32.2. The van der Waals surface area contributed by atoms with E-state index in [1.165, 1.54) is 24.3 Å². The van der Waals surface area contributed by atoms with Gasteiger partial charge in [-0.3, -0.25) is 4.79 Å². The zero-order valence-electron chi connectivity index (χ0n) is 17.0. The van der Waals surface area contributed by atoms with E-state index in [1.807, 2.05) is 38.1 Å². The van der Waals surface area contributed by atoms with Gasteiger partial charge in [0.15, 0.2) is 15.9 Å². The first-order valence-electron chi connectivity index (χ1n) is 9.34. The average molecular weight is 423 g/mol. The molecule has 3 aromatic carbocycles. The van der Waals surface area contributed by atoms with E-state index >= 15 is 0 Å². The fourth-order valence-electron chi connectivity index (χ4n) is 2.90. The van der Waals surface area contributed by atoms with E-state index in [1.54, 1.807) is 24.3 Å². The molecule has 0 amide bonds. The van der Waals surface area contributed by atoms with Crippen LogP contribution < -0.4 is 0 Å². The molecule has 6 heteroatoms. The van der Waals surface area contributed by atoms with E-state index in [-0.39, 0.29) is 16.2 Å². The highest BCUT2D eigenvalue weighted by molar-refractivity contribution is 7.90. The Bertz CT molecular complexity index is 1160. The van der Waals surface area contributed by atoms with Crippen molar-refractivity contribution in [2.75, 3.05) is 6.26 Å². The normalized spacial score (nSPS) is 12.2. The van der Waals surface area contributed by atoms with Crippen LogP contribution in [0.2, 0.25) is 0 Å². The lowest BCUT2D eigenvalue weighted by Gasteiger charge is -2.18. The van der Waals surface area contributed by atoms with Gasteiger partial charge >= 0.3 is 5.97 Å². The van der Waals surface area contributed by atoms with Gasteiger partial charge in [0.05, 0.1) is 10.5 Å². The predicted molar refractivity (Wildman–Crippen MR) is 114 cm³/mol. The maximum Gasteiger partial charge on any atom is 0.339 e. The van der Waals surface area contributed by atoms with E-state index in [2.05, 4.69) is 0 Å².